The first-order valence-corrected chi connectivity index (χ1v) is 6.50. The van der Waals surface area contributed by atoms with Gasteiger partial charge in [-0.25, -0.2) is 0 Å². The molecule has 3 N–H and O–H groups in total. The molecule has 0 saturated heterocycles. The van der Waals surface area contributed by atoms with Crippen LogP contribution in [-0.4, -0.2) is 49.7 Å². The third-order valence-electron chi connectivity index (χ3n) is 0.560. The first-order valence-electron chi connectivity index (χ1n) is 3.04. The van der Waals surface area contributed by atoms with E-state index < -0.39 is 20.2 Å². The van der Waals surface area contributed by atoms with E-state index in [-0.39, 0.29) is 18.8 Å². The highest BCUT2D eigenvalue weighted by Gasteiger charge is 2.00. The highest BCUT2D eigenvalue weighted by Crippen LogP contribution is 1.84. The van der Waals surface area contributed by atoms with Crippen LogP contribution in [0.4, 0.5) is 0 Å². The Labute approximate surface area is 76.9 Å². The highest BCUT2D eigenvalue weighted by atomic mass is 32.2. The minimum atomic E-state index is -3.85. The van der Waals surface area contributed by atoms with Crippen molar-refractivity contribution in [3.8, 4) is 0 Å². The van der Waals surface area contributed by atoms with Crippen LogP contribution >= 0.6 is 0 Å². The van der Waals surface area contributed by atoms with Crippen molar-refractivity contribution in [2.75, 3.05) is 18.6 Å². The minimum Gasteiger partial charge on any atom is -0.396 e. The van der Waals surface area contributed by atoms with Gasteiger partial charge in [-0.2, -0.15) is 16.8 Å². The van der Waals surface area contributed by atoms with Crippen molar-refractivity contribution >= 4 is 20.2 Å². The highest BCUT2D eigenvalue weighted by molar-refractivity contribution is 7.85. The van der Waals surface area contributed by atoms with E-state index in [4.69, 9.17) is 14.2 Å². The van der Waals surface area contributed by atoms with Gasteiger partial charge in [0, 0.05) is 6.61 Å². The summed E-state index contributed by atoms with van der Waals surface area (Å²) in [7, 11) is -7.51. The first kappa shape index (κ1) is 15.3. The fourth-order valence-electron chi connectivity index (χ4n) is 0.247. The van der Waals surface area contributed by atoms with Crippen molar-refractivity contribution in [1.29, 1.82) is 0 Å². The Morgan fingerprint density at radius 2 is 1.38 bits per heavy atom. The summed E-state index contributed by atoms with van der Waals surface area (Å²) in [5.74, 6) is -0.358. The van der Waals surface area contributed by atoms with Gasteiger partial charge in [-0.15, -0.1) is 0 Å². The molecule has 13 heavy (non-hydrogen) atoms. The summed E-state index contributed by atoms with van der Waals surface area (Å²) in [5.41, 5.74) is 0. The van der Waals surface area contributed by atoms with E-state index in [2.05, 4.69) is 0 Å². The summed E-state index contributed by atoms with van der Waals surface area (Å²) in [6.07, 6.45) is 0.811. The molecule has 0 aliphatic carbocycles. The van der Waals surface area contributed by atoms with Crippen LogP contribution in [0.2, 0.25) is 0 Å². The Balaban J connectivity index is 0. The average molecular weight is 236 g/mol. The lowest BCUT2D eigenvalue weighted by Gasteiger charge is -1.89. The second-order valence-electron chi connectivity index (χ2n) is 2.10. The lowest BCUT2D eigenvalue weighted by atomic mass is 10.5. The Morgan fingerprint density at radius 3 is 1.46 bits per heavy atom. The van der Waals surface area contributed by atoms with Crippen molar-refractivity contribution in [3.05, 3.63) is 0 Å². The topological polar surface area (TPSA) is 129 Å². The van der Waals surface area contributed by atoms with Crippen LogP contribution in [0.3, 0.4) is 0 Å². The smallest absolute Gasteiger partial charge is 0.264 e. The van der Waals surface area contributed by atoms with Gasteiger partial charge < -0.3 is 5.11 Å². The zero-order valence-electron chi connectivity index (χ0n) is 6.91. The van der Waals surface area contributed by atoms with Gasteiger partial charge in [-0.05, 0) is 6.42 Å². The molecule has 82 valence electrons. The molecule has 0 aromatic heterocycles. The predicted molar refractivity (Wildman–Crippen MR) is 45.6 cm³/mol. The van der Waals surface area contributed by atoms with Gasteiger partial charge in [0.15, 0.2) is 0 Å². The molecule has 0 radical (unpaired) electrons. The van der Waals surface area contributed by atoms with E-state index in [0.29, 0.717) is 6.26 Å². The van der Waals surface area contributed by atoms with E-state index in [9.17, 15) is 16.8 Å². The molecule has 0 bridgehead atoms. The first-order chi connectivity index (χ1) is 5.56. The normalized spacial score (nSPS) is 11.7. The molecule has 0 fully saturated rings. The van der Waals surface area contributed by atoms with E-state index in [1.165, 1.54) is 0 Å². The molecular formula is C4H12O7S2. The van der Waals surface area contributed by atoms with Gasteiger partial charge in [0.05, 0.1) is 12.0 Å². The molecule has 0 atom stereocenters. The molecule has 0 unspecified atom stereocenters. The monoisotopic (exact) mass is 236 g/mol. The van der Waals surface area contributed by atoms with E-state index >= 15 is 0 Å². The lowest BCUT2D eigenvalue weighted by molar-refractivity contribution is 0.294. The van der Waals surface area contributed by atoms with Crippen molar-refractivity contribution in [2.45, 2.75) is 6.42 Å². The van der Waals surface area contributed by atoms with Gasteiger partial charge >= 0.3 is 0 Å². The predicted octanol–water partition coefficient (Wildman–Crippen LogP) is -1.24. The molecule has 0 amide bonds. The quantitative estimate of drug-likeness (QED) is 0.522. The number of hydrogen-bond acceptors (Lipinski definition) is 5. The van der Waals surface area contributed by atoms with E-state index in [0.717, 1.165) is 0 Å². The maximum atomic E-state index is 9.83. The van der Waals surface area contributed by atoms with Crippen LogP contribution in [0, 0.1) is 0 Å². The summed E-state index contributed by atoms with van der Waals surface area (Å²) in [4.78, 5) is 0. The SMILES string of the molecule is CS(=O)(=O)O.O=S(=O)(O)CCCO. The third kappa shape index (κ3) is 49.3. The number of hydrogen-bond donors (Lipinski definition) is 3. The fourth-order valence-corrected chi connectivity index (χ4v) is 0.741. The standard InChI is InChI=1S/C3H8O4S.CH4O3S/c4-2-1-3-8(5,6)7;1-5(2,3)4/h4H,1-3H2,(H,5,6,7);1H3,(H,2,3,4). The van der Waals surface area contributed by atoms with Crippen molar-refractivity contribution in [1.82, 2.24) is 0 Å². The Kier molecular flexibility index (Phi) is 7.36. The number of aliphatic hydroxyl groups excluding tert-OH is 1. The van der Waals surface area contributed by atoms with Crippen LogP contribution < -0.4 is 0 Å². The lowest BCUT2D eigenvalue weighted by Crippen LogP contribution is -2.04. The molecule has 0 heterocycles. The number of rotatable bonds is 3. The van der Waals surface area contributed by atoms with Gasteiger partial charge in [-0.1, -0.05) is 0 Å². The molecule has 7 nitrogen and oxygen atoms in total. The zero-order valence-corrected chi connectivity index (χ0v) is 8.55. The Hall–Kier alpha value is -0.220. The van der Waals surface area contributed by atoms with E-state index in [1.54, 1.807) is 0 Å². The van der Waals surface area contributed by atoms with Crippen molar-refractivity contribution in [2.24, 2.45) is 0 Å². The molecule has 0 aromatic carbocycles. The molecule has 0 aliphatic rings. The maximum Gasteiger partial charge on any atom is 0.264 e. The zero-order chi connectivity index (χ0) is 11.1. The van der Waals surface area contributed by atoms with Gasteiger partial charge in [-0.3, -0.25) is 9.11 Å². The van der Waals surface area contributed by atoms with Crippen LogP contribution in [0.25, 0.3) is 0 Å². The molecule has 0 aliphatic heterocycles. The largest absolute Gasteiger partial charge is 0.396 e. The molecule has 9 heteroatoms. The summed E-state index contributed by atoms with van der Waals surface area (Å²) >= 11 is 0. The van der Waals surface area contributed by atoms with Crippen molar-refractivity contribution in [3.63, 3.8) is 0 Å². The van der Waals surface area contributed by atoms with Crippen LogP contribution in [0.1, 0.15) is 6.42 Å². The number of aliphatic hydroxyl groups is 1. The average Bonchev–Trinajstić information content (AvgIpc) is 1.77. The molecule has 0 spiro atoms. The van der Waals surface area contributed by atoms with Crippen LogP contribution in [0.5, 0.6) is 0 Å². The third-order valence-corrected chi connectivity index (χ3v) is 1.36. The second-order valence-corrected chi connectivity index (χ2v) is 5.13. The van der Waals surface area contributed by atoms with Gasteiger partial charge in [0.2, 0.25) is 0 Å². The van der Waals surface area contributed by atoms with Crippen molar-refractivity contribution < 1.29 is 31.0 Å². The molecular weight excluding hydrogens is 224 g/mol. The van der Waals surface area contributed by atoms with Gasteiger partial charge in [0.1, 0.15) is 0 Å². The molecule has 0 rings (SSSR count). The second kappa shape index (κ2) is 6.27. The van der Waals surface area contributed by atoms with Crippen LogP contribution in [-0.2, 0) is 20.2 Å². The summed E-state index contributed by atoms with van der Waals surface area (Å²) in [6.45, 7) is -0.209. The Bertz CT molecular complexity index is 291. The van der Waals surface area contributed by atoms with Crippen LogP contribution in [0.15, 0.2) is 0 Å². The molecule has 0 saturated carbocycles. The van der Waals surface area contributed by atoms with Gasteiger partial charge in [0.25, 0.3) is 20.2 Å². The summed E-state index contributed by atoms with van der Waals surface area (Å²) in [6, 6.07) is 0. The molecule has 0 aromatic rings. The maximum absolute atomic E-state index is 9.83. The van der Waals surface area contributed by atoms with E-state index in [1.807, 2.05) is 0 Å². The summed E-state index contributed by atoms with van der Waals surface area (Å²) in [5, 5.41) is 8.05. The fraction of sp³-hybridized carbons (Fsp3) is 1.00. The minimum absolute atomic E-state index is 0.0961. The summed E-state index contributed by atoms with van der Waals surface area (Å²) < 4.78 is 53.5. The Morgan fingerprint density at radius 1 is 1.08 bits per heavy atom.